The number of aromatic amines is 1. The molecular formula is C21H29N7O6. The Morgan fingerprint density at radius 2 is 1.71 bits per heavy atom. The normalized spacial score (nSPS) is 13.4. The number of nitrogens with one attached hydrogen (secondary N) is 3. The van der Waals surface area contributed by atoms with E-state index in [0.29, 0.717) is 0 Å². The molecule has 0 radical (unpaired) electrons. The van der Waals surface area contributed by atoms with Crippen LogP contribution in [0.4, 0.5) is 0 Å². The van der Waals surface area contributed by atoms with Gasteiger partial charge in [0.05, 0.1) is 12.5 Å². The molecule has 0 unspecified atom stereocenters. The van der Waals surface area contributed by atoms with Crippen LogP contribution in [0.25, 0.3) is 10.9 Å². The number of amides is 2. The number of nitrogens with two attached hydrogens (primary N) is 3. The summed E-state index contributed by atoms with van der Waals surface area (Å²) in [5.74, 6) is -4.54. The van der Waals surface area contributed by atoms with Crippen LogP contribution in [0.3, 0.4) is 0 Å². The van der Waals surface area contributed by atoms with Crippen molar-refractivity contribution in [1.29, 1.82) is 0 Å². The molecule has 0 saturated heterocycles. The van der Waals surface area contributed by atoms with Crippen LogP contribution in [0.1, 0.15) is 24.8 Å². The first-order chi connectivity index (χ1) is 16.1. The molecule has 2 amide bonds. The lowest BCUT2D eigenvalue weighted by atomic mass is 10.0. The van der Waals surface area contributed by atoms with Gasteiger partial charge in [-0.15, -0.1) is 0 Å². The summed E-state index contributed by atoms with van der Waals surface area (Å²) in [6, 6.07) is 3.67. The van der Waals surface area contributed by atoms with Gasteiger partial charge in [-0.25, -0.2) is 4.79 Å². The minimum absolute atomic E-state index is 0.0631. The van der Waals surface area contributed by atoms with E-state index in [2.05, 4.69) is 20.6 Å². The molecule has 0 spiro atoms. The second-order valence-corrected chi connectivity index (χ2v) is 7.68. The summed E-state index contributed by atoms with van der Waals surface area (Å²) >= 11 is 0. The van der Waals surface area contributed by atoms with Gasteiger partial charge in [0.25, 0.3) is 0 Å². The van der Waals surface area contributed by atoms with Crippen LogP contribution in [0.2, 0.25) is 0 Å². The van der Waals surface area contributed by atoms with Crippen molar-refractivity contribution in [1.82, 2.24) is 15.6 Å². The first-order valence-electron chi connectivity index (χ1n) is 10.5. The average Bonchev–Trinajstić information content (AvgIpc) is 3.17. The van der Waals surface area contributed by atoms with Gasteiger partial charge < -0.3 is 43.0 Å². The number of nitrogens with zero attached hydrogens (tertiary/aromatic N) is 1. The molecule has 0 aliphatic rings. The van der Waals surface area contributed by atoms with Crippen molar-refractivity contribution >= 4 is 40.6 Å². The number of para-hydroxylation sites is 1. The number of hydrogen-bond acceptors (Lipinski definition) is 6. The smallest absolute Gasteiger partial charge is 0.326 e. The third-order valence-corrected chi connectivity index (χ3v) is 5.02. The number of fused-ring (bicyclic) bond motifs is 1. The fraction of sp³-hybridized carbons (Fsp3) is 0.381. The predicted molar refractivity (Wildman–Crippen MR) is 124 cm³/mol. The number of H-pyrrole nitrogens is 1. The van der Waals surface area contributed by atoms with Gasteiger partial charge in [0, 0.05) is 23.6 Å². The standard InChI is InChI=1S/C21H29N7O6/c22-13(8-11-10-26-14-5-2-1-4-12(11)14)18(31)27-15(6-3-7-25-21(23)24)19(32)28-16(20(33)34)9-17(29)30/h1-2,4-5,10,13,15-16,26H,3,6-9,22H2,(H,27,31)(H,28,32)(H,29,30)(H,33,34)(H4,23,24,25)/t13-,15-,16-/m0/s1. The SMILES string of the molecule is NC(N)=NCCC[C@H](NC(=O)[C@@H](N)Cc1c[nH]c2ccccc12)C(=O)N[C@@H](CC(=O)O)C(=O)O. The Morgan fingerprint density at radius 1 is 1.03 bits per heavy atom. The first-order valence-corrected chi connectivity index (χ1v) is 10.5. The Hall–Kier alpha value is -4.13. The van der Waals surface area contributed by atoms with Crippen LogP contribution >= 0.6 is 0 Å². The zero-order valence-electron chi connectivity index (χ0n) is 18.4. The lowest BCUT2D eigenvalue weighted by Crippen LogP contribution is -2.55. The predicted octanol–water partition coefficient (Wildman–Crippen LogP) is -1.38. The molecule has 0 saturated carbocycles. The van der Waals surface area contributed by atoms with Gasteiger partial charge >= 0.3 is 11.9 Å². The van der Waals surface area contributed by atoms with Crippen LogP contribution in [0.15, 0.2) is 35.5 Å². The summed E-state index contributed by atoms with van der Waals surface area (Å²) in [4.78, 5) is 54.6. The number of carbonyl (C=O) groups excluding carboxylic acids is 2. The lowest BCUT2D eigenvalue weighted by Gasteiger charge is -2.22. The van der Waals surface area contributed by atoms with E-state index < -0.39 is 48.3 Å². The third kappa shape index (κ3) is 7.78. The van der Waals surface area contributed by atoms with E-state index in [0.717, 1.165) is 16.5 Å². The average molecular weight is 476 g/mol. The van der Waals surface area contributed by atoms with Gasteiger partial charge in [0.2, 0.25) is 11.8 Å². The van der Waals surface area contributed by atoms with E-state index in [1.165, 1.54) is 0 Å². The minimum Gasteiger partial charge on any atom is -0.481 e. The highest BCUT2D eigenvalue weighted by atomic mass is 16.4. The van der Waals surface area contributed by atoms with Gasteiger partial charge in [0.15, 0.2) is 5.96 Å². The van der Waals surface area contributed by atoms with Gasteiger partial charge in [-0.2, -0.15) is 0 Å². The van der Waals surface area contributed by atoms with Gasteiger partial charge in [-0.3, -0.25) is 19.4 Å². The highest BCUT2D eigenvalue weighted by Crippen LogP contribution is 2.18. The molecule has 13 nitrogen and oxygen atoms in total. The Kier molecular flexibility index (Phi) is 9.38. The van der Waals surface area contributed by atoms with Crippen LogP contribution in [0, 0.1) is 0 Å². The molecule has 0 aliphatic carbocycles. The maximum absolute atomic E-state index is 12.8. The summed E-state index contributed by atoms with van der Waals surface area (Å²) in [6.07, 6.45) is 1.46. The topological polar surface area (TPSA) is 239 Å². The molecule has 13 heteroatoms. The summed E-state index contributed by atoms with van der Waals surface area (Å²) in [7, 11) is 0. The zero-order chi connectivity index (χ0) is 25.3. The summed E-state index contributed by atoms with van der Waals surface area (Å²) < 4.78 is 0. The van der Waals surface area contributed by atoms with Crippen molar-refractivity contribution in [3.05, 3.63) is 36.0 Å². The zero-order valence-corrected chi connectivity index (χ0v) is 18.4. The lowest BCUT2D eigenvalue weighted by molar-refractivity contribution is -0.147. The molecule has 0 bridgehead atoms. The number of aliphatic imine (C=N–C) groups is 1. The van der Waals surface area contributed by atoms with Gasteiger partial charge in [-0.1, -0.05) is 18.2 Å². The second kappa shape index (κ2) is 12.2. The van der Waals surface area contributed by atoms with Gasteiger partial charge in [0.1, 0.15) is 12.1 Å². The molecule has 184 valence electrons. The van der Waals surface area contributed by atoms with E-state index in [1.807, 2.05) is 24.3 Å². The first kappa shape index (κ1) is 26.1. The molecule has 1 aromatic carbocycles. The largest absolute Gasteiger partial charge is 0.481 e. The number of carbonyl (C=O) groups is 4. The number of guanidine groups is 1. The maximum atomic E-state index is 12.8. The van der Waals surface area contributed by atoms with Gasteiger partial charge in [-0.05, 0) is 30.9 Å². The molecule has 1 aromatic heterocycles. The molecule has 1 heterocycles. The molecule has 2 rings (SSSR count). The third-order valence-electron chi connectivity index (χ3n) is 5.02. The van der Waals surface area contributed by atoms with Crippen molar-refractivity contribution < 1.29 is 29.4 Å². The van der Waals surface area contributed by atoms with Crippen molar-refractivity contribution in [2.24, 2.45) is 22.2 Å². The number of aromatic nitrogens is 1. The monoisotopic (exact) mass is 475 g/mol. The van der Waals surface area contributed by atoms with Crippen molar-refractivity contribution in [3.8, 4) is 0 Å². The Balaban J connectivity index is 2.09. The van der Waals surface area contributed by atoms with Crippen molar-refractivity contribution in [2.75, 3.05) is 6.54 Å². The fourth-order valence-electron chi connectivity index (χ4n) is 3.33. The summed E-state index contributed by atoms with van der Waals surface area (Å²) in [6.45, 7) is 0.168. The highest BCUT2D eigenvalue weighted by Gasteiger charge is 2.29. The number of carboxylic acid groups (broad SMARTS) is 2. The number of hydrogen-bond donors (Lipinski definition) is 8. The van der Waals surface area contributed by atoms with E-state index in [4.69, 9.17) is 22.3 Å². The Morgan fingerprint density at radius 3 is 2.35 bits per heavy atom. The highest BCUT2D eigenvalue weighted by molar-refractivity contribution is 5.93. The second-order valence-electron chi connectivity index (χ2n) is 7.68. The molecule has 0 aliphatic heterocycles. The van der Waals surface area contributed by atoms with E-state index >= 15 is 0 Å². The maximum Gasteiger partial charge on any atom is 0.326 e. The molecule has 2 aromatic rings. The summed E-state index contributed by atoms with van der Waals surface area (Å²) in [5, 5.41) is 23.7. The van der Waals surface area contributed by atoms with Crippen LogP contribution in [0.5, 0.6) is 0 Å². The van der Waals surface area contributed by atoms with Crippen molar-refractivity contribution in [2.45, 2.75) is 43.8 Å². The van der Waals surface area contributed by atoms with Crippen LogP contribution < -0.4 is 27.8 Å². The number of carboxylic acids is 2. The fourth-order valence-corrected chi connectivity index (χ4v) is 3.33. The van der Waals surface area contributed by atoms with Crippen LogP contribution in [-0.2, 0) is 25.6 Å². The minimum atomic E-state index is -1.66. The summed E-state index contributed by atoms with van der Waals surface area (Å²) in [5.41, 5.74) is 18.3. The van der Waals surface area contributed by atoms with E-state index in [1.54, 1.807) is 6.20 Å². The molecule has 3 atom stereocenters. The van der Waals surface area contributed by atoms with Crippen LogP contribution in [-0.4, -0.2) is 69.6 Å². The van der Waals surface area contributed by atoms with E-state index in [9.17, 15) is 24.3 Å². The molecular weight excluding hydrogens is 446 g/mol. The molecule has 0 fully saturated rings. The molecule has 34 heavy (non-hydrogen) atoms. The number of benzene rings is 1. The van der Waals surface area contributed by atoms with Crippen molar-refractivity contribution in [3.63, 3.8) is 0 Å². The molecule has 11 N–H and O–H groups in total. The Labute approximate surface area is 194 Å². The number of rotatable bonds is 13. The quantitative estimate of drug-likeness (QED) is 0.0965. The number of aliphatic carboxylic acids is 2. The van der Waals surface area contributed by atoms with E-state index in [-0.39, 0.29) is 31.8 Å². The Bertz CT molecular complexity index is 1060.